The van der Waals surface area contributed by atoms with Crippen LogP contribution in [0.1, 0.15) is 28.9 Å². The molecule has 6 heteroatoms. The lowest BCUT2D eigenvalue weighted by molar-refractivity contribution is -0.120. The standard InChI is InChI=1S/C17H16Cl2N2O2/c1-11(12-5-4-6-13(18)9-12)21-16(22)10-20-17(23)14-7-2-3-8-15(14)19/h2-9,11H,10H2,1H3,(H,20,23)(H,21,22)/t11-/m1/s1. The van der Waals surface area contributed by atoms with Gasteiger partial charge in [-0.3, -0.25) is 9.59 Å². The van der Waals surface area contributed by atoms with Crippen LogP contribution in [0.2, 0.25) is 10.0 Å². The third-order valence-electron chi connectivity index (χ3n) is 3.25. The molecule has 0 fully saturated rings. The number of carbonyl (C=O) groups excluding carboxylic acids is 2. The zero-order valence-corrected chi connectivity index (χ0v) is 14.0. The van der Waals surface area contributed by atoms with Gasteiger partial charge in [0, 0.05) is 5.02 Å². The highest BCUT2D eigenvalue weighted by Crippen LogP contribution is 2.17. The minimum atomic E-state index is -0.388. The summed E-state index contributed by atoms with van der Waals surface area (Å²) in [5.74, 6) is -0.681. The van der Waals surface area contributed by atoms with E-state index >= 15 is 0 Å². The lowest BCUT2D eigenvalue weighted by atomic mass is 10.1. The van der Waals surface area contributed by atoms with Gasteiger partial charge in [0.2, 0.25) is 5.91 Å². The number of rotatable bonds is 5. The summed E-state index contributed by atoms with van der Waals surface area (Å²) in [5, 5.41) is 6.30. The Hall–Kier alpha value is -2.04. The second kappa shape index (κ2) is 7.99. The summed E-state index contributed by atoms with van der Waals surface area (Å²) >= 11 is 11.9. The summed E-state index contributed by atoms with van der Waals surface area (Å²) in [6, 6.07) is 13.7. The molecular formula is C17H16Cl2N2O2. The van der Waals surface area contributed by atoms with Crippen LogP contribution >= 0.6 is 23.2 Å². The molecule has 0 aliphatic carbocycles. The Balaban J connectivity index is 1.88. The van der Waals surface area contributed by atoms with Gasteiger partial charge in [0.25, 0.3) is 5.91 Å². The maximum absolute atomic E-state index is 12.0. The molecule has 0 aliphatic heterocycles. The summed E-state index contributed by atoms with van der Waals surface area (Å²) in [4.78, 5) is 23.9. The molecule has 2 N–H and O–H groups in total. The average molecular weight is 351 g/mol. The lowest BCUT2D eigenvalue weighted by Gasteiger charge is -2.15. The van der Waals surface area contributed by atoms with Crippen molar-refractivity contribution in [1.29, 1.82) is 0 Å². The SMILES string of the molecule is C[C@@H](NC(=O)CNC(=O)c1ccccc1Cl)c1cccc(Cl)c1. The molecule has 0 spiro atoms. The van der Waals surface area contributed by atoms with Gasteiger partial charge >= 0.3 is 0 Å². The van der Waals surface area contributed by atoms with E-state index in [1.165, 1.54) is 0 Å². The Morgan fingerprint density at radius 3 is 2.52 bits per heavy atom. The first-order valence-corrected chi connectivity index (χ1v) is 7.80. The molecule has 2 rings (SSSR count). The number of carbonyl (C=O) groups is 2. The fourth-order valence-electron chi connectivity index (χ4n) is 2.05. The number of nitrogens with one attached hydrogen (secondary N) is 2. The first kappa shape index (κ1) is 17.3. The van der Waals surface area contributed by atoms with E-state index < -0.39 is 0 Å². The molecule has 0 radical (unpaired) electrons. The van der Waals surface area contributed by atoms with E-state index in [9.17, 15) is 9.59 Å². The van der Waals surface area contributed by atoms with Gasteiger partial charge < -0.3 is 10.6 Å². The topological polar surface area (TPSA) is 58.2 Å². The molecule has 0 saturated heterocycles. The van der Waals surface area contributed by atoms with E-state index in [0.717, 1.165) is 5.56 Å². The number of benzene rings is 2. The number of halogens is 2. The van der Waals surface area contributed by atoms with Crippen LogP contribution in [0.4, 0.5) is 0 Å². The highest BCUT2D eigenvalue weighted by Gasteiger charge is 2.13. The van der Waals surface area contributed by atoms with E-state index in [2.05, 4.69) is 10.6 Å². The molecule has 0 aromatic heterocycles. The Morgan fingerprint density at radius 1 is 1.09 bits per heavy atom. The van der Waals surface area contributed by atoms with Crippen molar-refractivity contribution < 1.29 is 9.59 Å². The Morgan fingerprint density at radius 2 is 1.83 bits per heavy atom. The zero-order chi connectivity index (χ0) is 16.8. The van der Waals surface area contributed by atoms with Crippen molar-refractivity contribution in [3.05, 3.63) is 69.7 Å². The highest BCUT2D eigenvalue weighted by atomic mass is 35.5. The van der Waals surface area contributed by atoms with Gasteiger partial charge in [0.05, 0.1) is 23.2 Å². The van der Waals surface area contributed by atoms with E-state index in [0.29, 0.717) is 15.6 Å². The number of hydrogen-bond donors (Lipinski definition) is 2. The molecule has 2 aromatic rings. The second-order valence-corrected chi connectivity index (χ2v) is 5.85. The minimum absolute atomic E-state index is 0.130. The van der Waals surface area contributed by atoms with E-state index in [1.807, 2.05) is 19.1 Å². The van der Waals surface area contributed by atoms with Gasteiger partial charge in [-0.2, -0.15) is 0 Å². The molecule has 0 aliphatic rings. The predicted molar refractivity (Wildman–Crippen MR) is 91.8 cm³/mol. The van der Waals surface area contributed by atoms with Crippen LogP contribution in [-0.4, -0.2) is 18.4 Å². The van der Waals surface area contributed by atoms with Gasteiger partial charge in [-0.1, -0.05) is 47.5 Å². The molecule has 120 valence electrons. The van der Waals surface area contributed by atoms with Gasteiger partial charge in [-0.05, 0) is 36.8 Å². The minimum Gasteiger partial charge on any atom is -0.348 e. The van der Waals surface area contributed by atoms with Crippen molar-refractivity contribution >= 4 is 35.0 Å². The van der Waals surface area contributed by atoms with Gasteiger partial charge in [-0.25, -0.2) is 0 Å². The van der Waals surface area contributed by atoms with Gasteiger partial charge in [0.1, 0.15) is 0 Å². The van der Waals surface area contributed by atoms with Crippen LogP contribution in [0, 0.1) is 0 Å². The van der Waals surface area contributed by atoms with Gasteiger partial charge in [-0.15, -0.1) is 0 Å². The van der Waals surface area contributed by atoms with Crippen LogP contribution in [0.3, 0.4) is 0 Å². The molecule has 0 heterocycles. The maximum atomic E-state index is 12.0. The summed E-state index contributed by atoms with van der Waals surface area (Å²) in [6.45, 7) is 1.72. The molecule has 1 atom stereocenters. The van der Waals surface area contributed by atoms with E-state index in [-0.39, 0.29) is 24.4 Å². The van der Waals surface area contributed by atoms with E-state index in [1.54, 1.807) is 36.4 Å². The fourth-order valence-corrected chi connectivity index (χ4v) is 2.47. The first-order chi connectivity index (χ1) is 11.0. The maximum Gasteiger partial charge on any atom is 0.253 e. The molecule has 23 heavy (non-hydrogen) atoms. The quantitative estimate of drug-likeness (QED) is 0.865. The van der Waals surface area contributed by atoms with Crippen LogP contribution in [0.25, 0.3) is 0 Å². The molecule has 0 saturated carbocycles. The third-order valence-corrected chi connectivity index (χ3v) is 3.82. The average Bonchev–Trinajstić information content (AvgIpc) is 2.53. The van der Waals surface area contributed by atoms with Crippen molar-refractivity contribution in [2.45, 2.75) is 13.0 Å². The monoisotopic (exact) mass is 350 g/mol. The van der Waals surface area contributed by atoms with Crippen LogP contribution < -0.4 is 10.6 Å². The molecule has 2 aromatic carbocycles. The molecular weight excluding hydrogens is 335 g/mol. The number of hydrogen-bond acceptors (Lipinski definition) is 2. The molecule has 0 bridgehead atoms. The first-order valence-electron chi connectivity index (χ1n) is 7.05. The number of amides is 2. The van der Waals surface area contributed by atoms with Gasteiger partial charge in [0.15, 0.2) is 0 Å². The Bertz CT molecular complexity index is 719. The lowest BCUT2D eigenvalue weighted by Crippen LogP contribution is -2.38. The predicted octanol–water partition coefficient (Wildman–Crippen LogP) is 3.60. The second-order valence-electron chi connectivity index (χ2n) is 5.01. The van der Waals surface area contributed by atoms with Crippen molar-refractivity contribution in [3.8, 4) is 0 Å². The molecule has 2 amide bonds. The third kappa shape index (κ3) is 4.98. The Labute approximate surface area is 144 Å². The van der Waals surface area contributed by atoms with Crippen molar-refractivity contribution in [2.75, 3.05) is 6.54 Å². The van der Waals surface area contributed by atoms with Crippen LogP contribution in [-0.2, 0) is 4.79 Å². The summed E-state index contributed by atoms with van der Waals surface area (Å²) in [6.07, 6.45) is 0. The Kier molecular flexibility index (Phi) is 6.02. The summed E-state index contributed by atoms with van der Waals surface area (Å²) in [7, 11) is 0. The smallest absolute Gasteiger partial charge is 0.253 e. The van der Waals surface area contributed by atoms with Crippen molar-refractivity contribution in [3.63, 3.8) is 0 Å². The molecule has 0 unspecified atom stereocenters. The van der Waals surface area contributed by atoms with Crippen molar-refractivity contribution in [2.24, 2.45) is 0 Å². The van der Waals surface area contributed by atoms with Crippen LogP contribution in [0.15, 0.2) is 48.5 Å². The largest absolute Gasteiger partial charge is 0.348 e. The van der Waals surface area contributed by atoms with Crippen molar-refractivity contribution in [1.82, 2.24) is 10.6 Å². The zero-order valence-electron chi connectivity index (χ0n) is 12.5. The molecule has 4 nitrogen and oxygen atoms in total. The normalized spacial score (nSPS) is 11.6. The highest BCUT2D eigenvalue weighted by molar-refractivity contribution is 6.33. The van der Waals surface area contributed by atoms with E-state index in [4.69, 9.17) is 23.2 Å². The van der Waals surface area contributed by atoms with Crippen LogP contribution in [0.5, 0.6) is 0 Å². The summed E-state index contributed by atoms with van der Waals surface area (Å²) in [5.41, 5.74) is 1.23. The summed E-state index contributed by atoms with van der Waals surface area (Å²) < 4.78 is 0. The fraction of sp³-hybridized carbons (Fsp3) is 0.176.